The molecule has 1 amide bonds. The second kappa shape index (κ2) is 9.88. The van der Waals surface area contributed by atoms with E-state index < -0.39 is 0 Å². The fourth-order valence-electron chi connectivity index (χ4n) is 3.43. The summed E-state index contributed by atoms with van der Waals surface area (Å²) in [5, 5.41) is 11.7. The minimum absolute atomic E-state index is 0.104. The van der Waals surface area contributed by atoms with Gasteiger partial charge in [-0.15, -0.1) is 0 Å². The Morgan fingerprint density at radius 1 is 1.03 bits per heavy atom. The number of fused-ring (bicyclic) bond motifs is 1. The van der Waals surface area contributed by atoms with Gasteiger partial charge in [0.15, 0.2) is 11.5 Å². The van der Waals surface area contributed by atoms with Crippen molar-refractivity contribution in [1.29, 1.82) is 5.26 Å². The topological polar surface area (TPSA) is 80.6 Å². The van der Waals surface area contributed by atoms with Gasteiger partial charge in [-0.3, -0.25) is 4.79 Å². The Labute approximate surface area is 187 Å². The lowest BCUT2D eigenvalue weighted by molar-refractivity contribution is -0.117. The van der Waals surface area contributed by atoms with Gasteiger partial charge in [-0.05, 0) is 60.0 Å². The van der Waals surface area contributed by atoms with Crippen molar-refractivity contribution in [3.63, 3.8) is 0 Å². The van der Waals surface area contributed by atoms with Crippen LogP contribution in [0.4, 0.5) is 5.69 Å². The van der Waals surface area contributed by atoms with E-state index in [9.17, 15) is 4.79 Å². The van der Waals surface area contributed by atoms with Crippen LogP contribution in [0.25, 0.3) is 0 Å². The quantitative estimate of drug-likeness (QED) is 0.582. The first kappa shape index (κ1) is 21.3. The van der Waals surface area contributed by atoms with Crippen molar-refractivity contribution in [2.24, 2.45) is 0 Å². The largest absolute Gasteiger partial charge is 0.489 e. The maximum atomic E-state index is 12.8. The molecule has 32 heavy (non-hydrogen) atoms. The van der Waals surface area contributed by atoms with E-state index in [-0.39, 0.29) is 11.8 Å². The molecule has 1 atom stereocenters. The molecule has 6 heteroatoms. The smallest absolute Gasteiger partial charge is 0.231 e. The number of rotatable bonds is 7. The van der Waals surface area contributed by atoms with E-state index in [2.05, 4.69) is 11.4 Å². The maximum absolute atomic E-state index is 12.8. The number of anilines is 1. The Balaban J connectivity index is 1.36. The molecule has 0 saturated heterocycles. The lowest BCUT2D eigenvalue weighted by atomic mass is 9.99. The highest BCUT2D eigenvalue weighted by atomic mass is 16.6. The van der Waals surface area contributed by atoms with Crippen molar-refractivity contribution in [3.8, 4) is 23.3 Å². The van der Waals surface area contributed by atoms with Crippen LogP contribution in [0.5, 0.6) is 17.2 Å². The normalized spacial score (nSPS) is 13.0. The van der Waals surface area contributed by atoms with Crippen LogP contribution in [-0.4, -0.2) is 19.1 Å². The highest BCUT2D eigenvalue weighted by molar-refractivity contribution is 5.95. The van der Waals surface area contributed by atoms with Gasteiger partial charge in [-0.25, -0.2) is 0 Å². The zero-order valence-corrected chi connectivity index (χ0v) is 17.8. The van der Waals surface area contributed by atoms with Crippen molar-refractivity contribution in [1.82, 2.24) is 0 Å². The van der Waals surface area contributed by atoms with Crippen molar-refractivity contribution in [3.05, 3.63) is 83.4 Å². The fourth-order valence-corrected chi connectivity index (χ4v) is 3.43. The third-order valence-corrected chi connectivity index (χ3v) is 5.27. The van der Waals surface area contributed by atoms with E-state index in [1.165, 1.54) is 0 Å². The second-order valence-corrected chi connectivity index (χ2v) is 7.58. The van der Waals surface area contributed by atoms with Gasteiger partial charge in [-0.2, -0.15) is 5.26 Å². The van der Waals surface area contributed by atoms with Gasteiger partial charge >= 0.3 is 0 Å². The number of nitriles is 1. The molecule has 0 fully saturated rings. The zero-order chi connectivity index (χ0) is 22.3. The molecule has 0 spiro atoms. The predicted octanol–water partition coefficient (Wildman–Crippen LogP) is 4.85. The van der Waals surface area contributed by atoms with Crippen LogP contribution >= 0.6 is 0 Å². The van der Waals surface area contributed by atoms with Crippen LogP contribution in [0.2, 0.25) is 0 Å². The third-order valence-electron chi connectivity index (χ3n) is 5.27. The number of carbonyl (C=O) groups is 1. The van der Waals surface area contributed by atoms with Crippen molar-refractivity contribution in [2.75, 3.05) is 18.5 Å². The van der Waals surface area contributed by atoms with Crippen molar-refractivity contribution in [2.45, 2.75) is 25.9 Å². The lowest BCUT2D eigenvalue weighted by Crippen LogP contribution is -2.20. The van der Waals surface area contributed by atoms with Crippen LogP contribution in [0.3, 0.4) is 0 Å². The maximum Gasteiger partial charge on any atom is 0.231 e. The molecule has 1 heterocycles. The molecular formula is C26H24N2O4. The molecule has 3 aromatic rings. The molecule has 3 aromatic carbocycles. The summed E-state index contributed by atoms with van der Waals surface area (Å²) in [6.07, 6.45) is 0.382. The fraction of sp³-hybridized carbons (Fsp3) is 0.231. The van der Waals surface area contributed by atoms with E-state index in [4.69, 9.17) is 19.5 Å². The number of benzene rings is 3. The first-order chi connectivity index (χ1) is 15.6. The van der Waals surface area contributed by atoms with Gasteiger partial charge in [0.05, 0.1) is 18.4 Å². The molecule has 0 aromatic heterocycles. The number of amides is 1. The average molecular weight is 428 g/mol. The summed E-state index contributed by atoms with van der Waals surface area (Å²) in [5.41, 5.74) is 3.48. The summed E-state index contributed by atoms with van der Waals surface area (Å²) in [4.78, 5) is 12.8. The van der Waals surface area contributed by atoms with E-state index in [0.717, 1.165) is 22.4 Å². The molecule has 4 rings (SSSR count). The first-order valence-corrected chi connectivity index (χ1v) is 10.5. The summed E-state index contributed by atoms with van der Waals surface area (Å²) < 4.78 is 17.0. The molecule has 0 saturated carbocycles. The highest BCUT2D eigenvalue weighted by Gasteiger charge is 2.19. The number of ether oxygens (including phenoxy) is 3. The van der Waals surface area contributed by atoms with Gasteiger partial charge in [0.1, 0.15) is 25.6 Å². The summed E-state index contributed by atoms with van der Waals surface area (Å²) in [7, 11) is 0. The zero-order valence-electron chi connectivity index (χ0n) is 17.8. The predicted molar refractivity (Wildman–Crippen MR) is 121 cm³/mol. The molecule has 1 aliphatic rings. The Hall–Kier alpha value is -3.98. The lowest BCUT2D eigenvalue weighted by Gasteiger charge is -2.20. The molecule has 0 aliphatic carbocycles. The van der Waals surface area contributed by atoms with Crippen LogP contribution in [-0.2, 0) is 17.8 Å². The van der Waals surface area contributed by atoms with Gasteiger partial charge in [-0.1, -0.05) is 30.3 Å². The Morgan fingerprint density at radius 3 is 2.59 bits per heavy atom. The van der Waals surface area contributed by atoms with E-state index in [1.54, 1.807) is 0 Å². The molecule has 6 nitrogen and oxygen atoms in total. The summed E-state index contributed by atoms with van der Waals surface area (Å²) in [5.74, 6) is 1.66. The molecule has 0 bridgehead atoms. The van der Waals surface area contributed by atoms with Crippen LogP contribution < -0.4 is 19.5 Å². The monoisotopic (exact) mass is 428 g/mol. The average Bonchev–Trinajstić information content (AvgIpc) is 2.83. The summed E-state index contributed by atoms with van der Waals surface area (Å²) in [6.45, 7) is 3.29. The van der Waals surface area contributed by atoms with Crippen LogP contribution in [0.1, 0.15) is 29.5 Å². The first-order valence-electron chi connectivity index (χ1n) is 10.5. The number of hydrogen-bond acceptors (Lipinski definition) is 5. The van der Waals surface area contributed by atoms with Crippen molar-refractivity contribution < 1.29 is 19.0 Å². The van der Waals surface area contributed by atoms with Gasteiger partial charge in [0.2, 0.25) is 5.91 Å². The summed E-state index contributed by atoms with van der Waals surface area (Å²) >= 11 is 0. The van der Waals surface area contributed by atoms with Crippen LogP contribution in [0, 0.1) is 11.3 Å². The van der Waals surface area contributed by atoms with Crippen LogP contribution in [0.15, 0.2) is 66.7 Å². The van der Waals surface area contributed by atoms with Gasteiger partial charge in [0, 0.05) is 5.69 Å². The van der Waals surface area contributed by atoms with Gasteiger partial charge < -0.3 is 19.5 Å². The third kappa shape index (κ3) is 5.19. The molecule has 1 aliphatic heterocycles. The van der Waals surface area contributed by atoms with E-state index >= 15 is 0 Å². The number of carbonyl (C=O) groups excluding carboxylic acids is 1. The molecule has 162 valence electrons. The van der Waals surface area contributed by atoms with E-state index in [1.807, 2.05) is 73.7 Å². The Bertz CT molecular complexity index is 1140. The SMILES string of the molecule is CC(C(=O)Nc1cccc(COc2ccc(CC#N)cc2)c1)c1ccc2c(c1)OCCO2. The summed E-state index contributed by atoms with van der Waals surface area (Å²) in [6, 6.07) is 22.8. The number of hydrogen-bond donors (Lipinski definition) is 1. The van der Waals surface area contributed by atoms with E-state index in [0.29, 0.717) is 43.4 Å². The van der Waals surface area contributed by atoms with Crippen molar-refractivity contribution >= 4 is 11.6 Å². The number of nitrogens with one attached hydrogen (secondary N) is 1. The molecule has 1 N–H and O–H groups in total. The molecule has 1 unspecified atom stereocenters. The minimum Gasteiger partial charge on any atom is -0.489 e. The molecule has 0 radical (unpaired) electrons. The van der Waals surface area contributed by atoms with Gasteiger partial charge in [0.25, 0.3) is 0 Å². The Kier molecular flexibility index (Phi) is 6.57. The molecular weight excluding hydrogens is 404 g/mol. The minimum atomic E-state index is -0.349. The number of nitrogens with zero attached hydrogens (tertiary/aromatic N) is 1. The highest BCUT2D eigenvalue weighted by Crippen LogP contribution is 2.33. The Morgan fingerprint density at radius 2 is 1.81 bits per heavy atom. The standard InChI is InChI=1S/C26H24N2O4/c1-18(21-7-10-24-25(16-21)31-14-13-30-24)26(29)28-22-4-2-3-20(15-22)17-32-23-8-5-19(6-9-23)11-12-27/h2-10,15-16,18H,11,13-14,17H2,1H3,(H,28,29). The second-order valence-electron chi connectivity index (χ2n) is 7.58.